The number of aromatic hydroxyl groups is 1. The predicted molar refractivity (Wildman–Crippen MR) is 129 cm³/mol. The number of hydrogen-bond acceptors (Lipinski definition) is 7. The minimum Gasteiger partial charge on any atom is -0.508 e. The summed E-state index contributed by atoms with van der Waals surface area (Å²) >= 11 is 5.66. The fourth-order valence-electron chi connectivity index (χ4n) is 3.82. The largest absolute Gasteiger partial charge is 0.508 e. The number of hydrogen-bond donors (Lipinski definition) is 2. The van der Waals surface area contributed by atoms with Gasteiger partial charge in [-0.25, -0.2) is 0 Å². The molecular weight excluding hydrogens is 432 g/mol. The number of benzene rings is 2. The molecule has 4 nitrogen and oxygen atoms in total. The number of piperazine rings is 1. The first-order valence-electron chi connectivity index (χ1n) is 10.1. The van der Waals surface area contributed by atoms with Crippen LogP contribution in [0.3, 0.4) is 0 Å². The molecule has 0 radical (unpaired) electrons. The van der Waals surface area contributed by atoms with Crippen molar-refractivity contribution in [3.05, 3.63) is 57.4 Å². The summed E-state index contributed by atoms with van der Waals surface area (Å²) in [6.45, 7) is 7.53. The topological polar surface area (TPSA) is 46.9 Å². The molecule has 2 N–H and O–H groups in total. The molecule has 30 heavy (non-hydrogen) atoms. The highest BCUT2D eigenvalue weighted by molar-refractivity contribution is 7.80. The number of β-amino-alcohol motifs (C(OH)–C–C–N with tert-alkyl or cyclic N) is 1. The second kappa shape index (κ2) is 9.68. The minimum absolute atomic E-state index is 0.207. The highest BCUT2D eigenvalue weighted by Gasteiger charge is 2.19. The molecule has 1 aliphatic rings. The van der Waals surface area contributed by atoms with Gasteiger partial charge in [-0.1, -0.05) is 62.7 Å². The van der Waals surface area contributed by atoms with E-state index in [2.05, 4.69) is 47.1 Å². The van der Waals surface area contributed by atoms with Gasteiger partial charge in [-0.05, 0) is 36.2 Å². The molecule has 0 aliphatic carbocycles. The Hall–Kier alpha value is -1.61. The second-order valence-electron chi connectivity index (χ2n) is 7.71. The molecule has 0 bridgehead atoms. The second-order valence-corrected chi connectivity index (χ2v) is 10.5. The molecule has 158 valence electrons. The van der Waals surface area contributed by atoms with E-state index in [9.17, 15) is 5.11 Å². The molecule has 1 fully saturated rings. The van der Waals surface area contributed by atoms with Crippen molar-refractivity contribution < 1.29 is 10.2 Å². The first kappa shape index (κ1) is 21.6. The van der Waals surface area contributed by atoms with Crippen LogP contribution in [0.25, 0.3) is 21.6 Å². The van der Waals surface area contributed by atoms with Gasteiger partial charge in [0.25, 0.3) is 0 Å². The van der Waals surface area contributed by atoms with Crippen molar-refractivity contribution in [2.24, 2.45) is 0 Å². The molecule has 3 aromatic rings. The van der Waals surface area contributed by atoms with E-state index in [0.717, 1.165) is 65.3 Å². The number of aliphatic hydroxyl groups excluding tert-OH is 1. The van der Waals surface area contributed by atoms with Gasteiger partial charge in [0, 0.05) is 50.4 Å². The molecule has 4 rings (SSSR count). The number of aryl methyl sites for hydroxylation is 1. The summed E-state index contributed by atoms with van der Waals surface area (Å²) in [6.07, 6.45) is 0. The Morgan fingerprint density at radius 1 is 0.933 bits per heavy atom. The van der Waals surface area contributed by atoms with E-state index >= 15 is 0 Å². The van der Waals surface area contributed by atoms with Crippen molar-refractivity contribution in [2.45, 2.75) is 13.5 Å². The summed E-state index contributed by atoms with van der Waals surface area (Å²) in [5.74, 6) is 0.340. The minimum atomic E-state index is 0.207. The zero-order valence-corrected chi connectivity index (χ0v) is 19.5. The van der Waals surface area contributed by atoms with E-state index in [-0.39, 0.29) is 6.61 Å². The molecule has 0 spiro atoms. The van der Waals surface area contributed by atoms with Crippen molar-refractivity contribution in [2.75, 3.05) is 39.3 Å². The zero-order valence-electron chi connectivity index (χ0n) is 17.0. The van der Waals surface area contributed by atoms with Crippen LogP contribution in [0.5, 0.6) is 5.75 Å². The fraction of sp³-hybridized carbons (Fsp3) is 0.348. The number of phenols is 1. The lowest BCUT2D eigenvalue weighted by Gasteiger charge is -2.34. The van der Waals surface area contributed by atoms with Crippen LogP contribution < -0.4 is 0 Å². The Morgan fingerprint density at radius 2 is 1.60 bits per heavy atom. The van der Waals surface area contributed by atoms with E-state index in [1.807, 2.05) is 6.07 Å². The molecule has 0 atom stereocenters. The monoisotopic (exact) mass is 458 g/mol. The molecule has 7 heteroatoms. The van der Waals surface area contributed by atoms with E-state index in [4.69, 9.17) is 17.3 Å². The smallest absolute Gasteiger partial charge is 0.120 e. The molecule has 0 saturated carbocycles. The van der Waals surface area contributed by atoms with Crippen molar-refractivity contribution in [1.29, 1.82) is 0 Å². The van der Waals surface area contributed by atoms with Crippen molar-refractivity contribution in [1.82, 2.24) is 9.80 Å². The third-order valence-electron chi connectivity index (χ3n) is 5.59. The Bertz CT molecular complexity index is 1050. The van der Waals surface area contributed by atoms with Gasteiger partial charge in [0.1, 0.15) is 9.57 Å². The summed E-state index contributed by atoms with van der Waals surface area (Å²) in [4.78, 5) is 5.81. The van der Waals surface area contributed by atoms with Crippen LogP contribution in [0, 0.1) is 10.7 Å². The van der Waals surface area contributed by atoms with E-state index in [1.165, 1.54) is 10.4 Å². The third-order valence-corrected chi connectivity index (χ3v) is 8.65. The van der Waals surface area contributed by atoms with Crippen LogP contribution in [0.4, 0.5) is 0 Å². The highest BCUT2D eigenvalue weighted by Crippen LogP contribution is 2.42. The molecule has 2 aromatic carbocycles. The maximum absolute atomic E-state index is 10.5. The SMILES string of the molecule is Cc1ccc(-c2c(-c3ccc(O)c(CN4CCN(CCO)CC4)c3)ssc2=S)cc1. The van der Waals surface area contributed by atoms with Crippen LogP contribution in [0.1, 0.15) is 11.1 Å². The first-order chi connectivity index (χ1) is 14.5. The molecular formula is C23H26N2O2S3. The summed E-state index contributed by atoms with van der Waals surface area (Å²) < 4.78 is 0.911. The summed E-state index contributed by atoms with van der Waals surface area (Å²) in [6, 6.07) is 14.4. The summed E-state index contributed by atoms with van der Waals surface area (Å²) in [5, 5.41) is 19.6. The highest BCUT2D eigenvalue weighted by atomic mass is 32.9. The van der Waals surface area contributed by atoms with Crippen molar-refractivity contribution in [3.8, 4) is 27.3 Å². The van der Waals surface area contributed by atoms with Crippen molar-refractivity contribution >= 4 is 32.9 Å². The third kappa shape index (κ3) is 4.82. The van der Waals surface area contributed by atoms with E-state index < -0.39 is 0 Å². The van der Waals surface area contributed by atoms with Gasteiger partial charge in [-0.3, -0.25) is 9.80 Å². The lowest BCUT2D eigenvalue weighted by Crippen LogP contribution is -2.46. The molecule has 0 unspecified atom stereocenters. The van der Waals surface area contributed by atoms with Gasteiger partial charge in [0.2, 0.25) is 0 Å². The Morgan fingerprint density at radius 3 is 2.30 bits per heavy atom. The van der Waals surface area contributed by atoms with Crippen LogP contribution >= 0.6 is 32.9 Å². The van der Waals surface area contributed by atoms with Crippen LogP contribution in [-0.2, 0) is 6.54 Å². The van der Waals surface area contributed by atoms with Gasteiger partial charge >= 0.3 is 0 Å². The Kier molecular flexibility index (Phi) is 6.98. The first-order valence-corrected chi connectivity index (χ1v) is 12.7. The maximum atomic E-state index is 10.5. The van der Waals surface area contributed by atoms with Crippen LogP contribution in [0.2, 0.25) is 0 Å². The Labute approximate surface area is 190 Å². The molecule has 0 amide bonds. The number of nitrogens with zero attached hydrogens (tertiary/aromatic N) is 2. The average Bonchev–Trinajstić information content (AvgIpc) is 3.13. The van der Waals surface area contributed by atoms with Gasteiger partial charge in [0.15, 0.2) is 0 Å². The van der Waals surface area contributed by atoms with Crippen LogP contribution in [0.15, 0.2) is 42.5 Å². The van der Waals surface area contributed by atoms with Gasteiger partial charge in [-0.15, -0.1) is 0 Å². The molecule has 2 heterocycles. The van der Waals surface area contributed by atoms with Crippen molar-refractivity contribution in [3.63, 3.8) is 0 Å². The molecule has 1 aromatic heterocycles. The number of phenolic OH excluding ortho intramolecular Hbond substituents is 1. The van der Waals surface area contributed by atoms with Gasteiger partial charge in [-0.2, -0.15) is 0 Å². The van der Waals surface area contributed by atoms with Crippen LogP contribution in [-0.4, -0.2) is 59.3 Å². The quantitative estimate of drug-likeness (QED) is 0.402. The lowest BCUT2D eigenvalue weighted by atomic mass is 10.0. The lowest BCUT2D eigenvalue weighted by molar-refractivity contribution is 0.108. The molecule has 1 saturated heterocycles. The zero-order chi connectivity index (χ0) is 21.1. The summed E-state index contributed by atoms with van der Waals surface area (Å²) in [7, 11) is 3.34. The van der Waals surface area contributed by atoms with E-state index in [0.29, 0.717) is 5.75 Å². The van der Waals surface area contributed by atoms with E-state index in [1.54, 1.807) is 26.7 Å². The van der Waals surface area contributed by atoms with Gasteiger partial charge in [0.05, 0.1) is 11.5 Å². The maximum Gasteiger partial charge on any atom is 0.120 e. The number of aliphatic hydroxyl groups is 1. The normalized spacial score (nSPS) is 15.5. The average molecular weight is 459 g/mol. The molecule has 1 aliphatic heterocycles. The fourth-order valence-corrected chi connectivity index (χ4v) is 6.73. The standard InChI is InChI=1S/C23H26N2O2S3/c1-16-2-4-17(5-3-16)21-22(29-30-23(21)28)18-6-7-20(27)19(14-18)15-25-10-8-24(9-11-25)12-13-26/h2-7,14,26-27H,8-13,15H2,1H3. The number of rotatable bonds is 6. The van der Waals surface area contributed by atoms with Gasteiger partial charge < -0.3 is 10.2 Å². The Balaban J connectivity index is 1.59. The predicted octanol–water partition coefficient (Wildman–Crippen LogP) is 5.00. The summed E-state index contributed by atoms with van der Waals surface area (Å²) in [5.41, 5.74) is 5.55.